The van der Waals surface area contributed by atoms with Crippen LogP contribution in [0.3, 0.4) is 0 Å². The Labute approximate surface area is 151 Å². The average molecular weight is 396 g/mol. The van der Waals surface area contributed by atoms with Gasteiger partial charge in [-0.2, -0.15) is 0 Å². The molecule has 0 spiro atoms. The normalized spacial score (nSPS) is 10.6. The van der Waals surface area contributed by atoms with Crippen LogP contribution in [0.4, 0.5) is 4.79 Å². The van der Waals surface area contributed by atoms with E-state index in [0.29, 0.717) is 31.9 Å². The van der Waals surface area contributed by atoms with E-state index in [0.717, 1.165) is 4.70 Å². The molecule has 0 aliphatic rings. The number of carbonyl (C=O) groups is 2. The number of carbonyl (C=O) groups excluding carboxylic acids is 2. The highest BCUT2D eigenvalue weighted by Gasteiger charge is 2.19. The highest BCUT2D eigenvalue weighted by molar-refractivity contribution is 7.21. The first kappa shape index (κ1) is 18.1. The van der Waals surface area contributed by atoms with Crippen LogP contribution in [-0.2, 0) is 4.74 Å². The highest BCUT2D eigenvalue weighted by Crippen LogP contribution is 2.41. The number of amides is 2. The van der Waals surface area contributed by atoms with Crippen molar-refractivity contribution in [3.63, 3.8) is 0 Å². The molecule has 0 bridgehead atoms. The van der Waals surface area contributed by atoms with Gasteiger partial charge in [-0.3, -0.25) is 4.79 Å². The zero-order valence-corrected chi connectivity index (χ0v) is 15.1. The van der Waals surface area contributed by atoms with Crippen molar-refractivity contribution >= 4 is 68.2 Å². The van der Waals surface area contributed by atoms with Crippen molar-refractivity contribution in [1.29, 1.82) is 0 Å². The van der Waals surface area contributed by atoms with Gasteiger partial charge in [0.15, 0.2) is 0 Å². The average Bonchev–Trinajstić information content (AvgIpc) is 2.80. The number of rotatable bonds is 5. The predicted molar refractivity (Wildman–Crippen MR) is 94.2 cm³/mol. The van der Waals surface area contributed by atoms with Crippen LogP contribution in [0.2, 0.25) is 15.1 Å². The summed E-state index contributed by atoms with van der Waals surface area (Å²) in [6.45, 7) is 2.50. The molecular weight excluding hydrogens is 383 g/mol. The fraction of sp³-hybridized carbons (Fsp3) is 0.286. The second-order valence-electron chi connectivity index (χ2n) is 4.41. The molecule has 0 aliphatic carbocycles. The molecule has 2 rings (SSSR count). The number of benzene rings is 1. The summed E-state index contributed by atoms with van der Waals surface area (Å²) in [5.74, 6) is -0.339. The van der Waals surface area contributed by atoms with E-state index in [1.54, 1.807) is 19.1 Å². The van der Waals surface area contributed by atoms with Gasteiger partial charge in [-0.15, -0.1) is 11.3 Å². The summed E-state index contributed by atoms with van der Waals surface area (Å²) in [7, 11) is 0. The zero-order valence-electron chi connectivity index (χ0n) is 12.0. The maximum atomic E-state index is 12.2. The third-order valence-electron chi connectivity index (χ3n) is 2.81. The fourth-order valence-electron chi connectivity index (χ4n) is 1.86. The second kappa shape index (κ2) is 8.06. The SMILES string of the molecule is CCOC(=O)NCCNC(=O)c1sc2cc(Cl)cc(Cl)c2c1Cl. The summed E-state index contributed by atoms with van der Waals surface area (Å²) >= 11 is 19.5. The second-order valence-corrected chi connectivity index (χ2v) is 6.68. The van der Waals surface area contributed by atoms with E-state index < -0.39 is 6.09 Å². The Hall–Kier alpha value is -1.21. The Morgan fingerprint density at radius 3 is 2.57 bits per heavy atom. The molecular formula is C14H13Cl3N2O3S. The lowest BCUT2D eigenvalue weighted by Gasteiger charge is -2.06. The van der Waals surface area contributed by atoms with Crippen LogP contribution in [-0.4, -0.2) is 31.7 Å². The van der Waals surface area contributed by atoms with Crippen LogP contribution in [0.1, 0.15) is 16.6 Å². The summed E-state index contributed by atoms with van der Waals surface area (Å²) in [6, 6.07) is 3.29. The first-order valence-electron chi connectivity index (χ1n) is 6.70. The van der Waals surface area contributed by atoms with Crippen LogP contribution in [0.25, 0.3) is 10.1 Å². The summed E-state index contributed by atoms with van der Waals surface area (Å²) in [6.07, 6.45) is -0.525. The number of ether oxygens (including phenoxy) is 1. The molecule has 0 saturated carbocycles. The van der Waals surface area contributed by atoms with E-state index in [1.807, 2.05) is 0 Å². The number of hydrogen-bond acceptors (Lipinski definition) is 4. The molecule has 0 aliphatic heterocycles. The molecule has 124 valence electrons. The minimum Gasteiger partial charge on any atom is -0.450 e. The lowest BCUT2D eigenvalue weighted by molar-refractivity contribution is 0.0956. The minimum absolute atomic E-state index is 0.247. The van der Waals surface area contributed by atoms with Crippen molar-refractivity contribution in [1.82, 2.24) is 10.6 Å². The van der Waals surface area contributed by atoms with Crippen molar-refractivity contribution in [2.45, 2.75) is 6.92 Å². The molecule has 1 heterocycles. The molecule has 2 aromatic rings. The Morgan fingerprint density at radius 1 is 1.17 bits per heavy atom. The molecule has 5 nitrogen and oxygen atoms in total. The van der Waals surface area contributed by atoms with Gasteiger partial charge < -0.3 is 15.4 Å². The van der Waals surface area contributed by atoms with Crippen LogP contribution in [0, 0.1) is 0 Å². The van der Waals surface area contributed by atoms with Gasteiger partial charge in [-0.05, 0) is 19.1 Å². The lowest BCUT2D eigenvalue weighted by Crippen LogP contribution is -2.34. The fourth-order valence-corrected chi connectivity index (χ4v) is 4.16. The van der Waals surface area contributed by atoms with Crippen LogP contribution >= 0.6 is 46.1 Å². The molecule has 0 saturated heterocycles. The Bertz CT molecular complexity index is 748. The maximum absolute atomic E-state index is 12.2. The number of hydrogen-bond donors (Lipinski definition) is 2. The summed E-state index contributed by atoms with van der Waals surface area (Å²) in [5, 5.41) is 6.96. The standard InChI is InChI=1S/C14H13Cl3N2O3S/c1-2-22-14(21)19-4-3-18-13(20)12-11(17)10-8(16)5-7(15)6-9(10)23-12/h5-6H,2-4H2,1H3,(H,18,20)(H,19,21). The number of halogens is 3. The van der Waals surface area contributed by atoms with Gasteiger partial charge in [0, 0.05) is 28.2 Å². The van der Waals surface area contributed by atoms with Crippen molar-refractivity contribution < 1.29 is 14.3 Å². The smallest absolute Gasteiger partial charge is 0.407 e. The van der Waals surface area contributed by atoms with E-state index in [1.165, 1.54) is 11.3 Å². The van der Waals surface area contributed by atoms with Crippen molar-refractivity contribution in [3.8, 4) is 0 Å². The van der Waals surface area contributed by atoms with E-state index >= 15 is 0 Å². The topological polar surface area (TPSA) is 67.4 Å². The summed E-state index contributed by atoms with van der Waals surface area (Å²) < 4.78 is 5.45. The highest BCUT2D eigenvalue weighted by atomic mass is 35.5. The van der Waals surface area contributed by atoms with Crippen LogP contribution in [0.15, 0.2) is 12.1 Å². The van der Waals surface area contributed by atoms with Gasteiger partial charge in [0.05, 0.1) is 16.7 Å². The molecule has 1 aromatic carbocycles. The lowest BCUT2D eigenvalue weighted by atomic mass is 10.2. The van der Waals surface area contributed by atoms with Crippen molar-refractivity contribution in [2.75, 3.05) is 19.7 Å². The number of alkyl carbamates (subject to hydrolysis) is 1. The van der Waals surface area contributed by atoms with Gasteiger partial charge in [0.1, 0.15) is 4.88 Å². The van der Waals surface area contributed by atoms with Crippen molar-refractivity contribution in [2.24, 2.45) is 0 Å². The molecule has 0 unspecified atom stereocenters. The Morgan fingerprint density at radius 2 is 1.87 bits per heavy atom. The number of thiophene rings is 1. The van der Waals surface area contributed by atoms with E-state index in [-0.39, 0.29) is 19.0 Å². The molecule has 0 radical (unpaired) electrons. The summed E-state index contributed by atoms with van der Waals surface area (Å²) in [5.41, 5.74) is 0. The molecule has 2 N–H and O–H groups in total. The first-order chi connectivity index (χ1) is 10.9. The number of nitrogens with one attached hydrogen (secondary N) is 2. The van der Waals surface area contributed by atoms with Gasteiger partial charge in [0.25, 0.3) is 5.91 Å². The van der Waals surface area contributed by atoms with E-state index in [4.69, 9.17) is 39.5 Å². The Kier molecular flexibility index (Phi) is 6.35. The third-order valence-corrected chi connectivity index (χ3v) is 4.95. The molecule has 23 heavy (non-hydrogen) atoms. The molecule has 0 atom stereocenters. The summed E-state index contributed by atoms with van der Waals surface area (Å²) in [4.78, 5) is 23.7. The third kappa shape index (κ3) is 4.41. The maximum Gasteiger partial charge on any atom is 0.407 e. The largest absolute Gasteiger partial charge is 0.450 e. The minimum atomic E-state index is -0.525. The van der Waals surface area contributed by atoms with Crippen LogP contribution in [0.5, 0.6) is 0 Å². The van der Waals surface area contributed by atoms with Gasteiger partial charge in [-0.25, -0.2) is 4.79 Å². The van der Waals surface area contributed by atoms with Gasteiger partial charge in [0.2, 0.25) is 0 Å². The number of fused-ring (bicyclic) bond motifs is 1. The van der Waals surface area contributed by atoms with E-state index in [9.17, 15) is 9.59 Å². The quantitative estimate of drug-likeness (QED) is 0.740. The van der Waals surface area contributed by atoms with Crippen molar-refractivity contribution in [3.05, 3.63) is 32.1 Å². The molecule has 9 heteroatoms. The molecule has 0 fully saturated rings. The Balaban J connectivity index is 2.03. The monoisotopic (exact) mass is 394 g/mol. The van der Waals surface area contributed by atoms with Gasteiger partial charge in [-0.1, -0.05) is 34.8 Å². The predicted octanol–water partition coefficient (Wildman–Crippen LogP) is 4.34. The zero-order chi connectivity index (χ0) is 17.0. The first-order valence-corrected chi connectivity index (χ1v) is 8.65. The van der Waals surface area contributed by atoms with Gasteiger partial charge >= 0.3 is 6.09 Å². The molecule has 1 aromatic heterocycles. The van der Waals surface area contributed by atoms with Crippen LogP contribution < -0.4 is 10.6 Å². The van der Waals surface area contributed by atoms with E-state index in [2.05, 4.69) is 10.6 Å². The molecule has 2 amide bonds.